The first-order valence-corrected chi connectivity index (χ1v) is 5.44. The second kappa shape index (κ2) is 4.39. The molecule has 2 atom stereocenters. The van der Waals surface area contributed by atoms with Gasteiger partial charge in [-0.25, -0.2) is 4.79 Å². The lowest BCUT2D eigenvalue weighted by atomic mass is 10.1. The van der Waals surface area contributed by atoms with Gasteiger partial charge in [0.1, 0.15) is 5.60 Å². The average molecular weight is 215 g/mol. The third-order valence-corrected chi connectivity index (χ3v) is 2.55. The molecular weight excluding hydrogens is 194 g/mol. The second-order valence-corrected chi connectivity index (χ2v) is 5.27. The van der Waals surface area contributed by atoms with Gasteiger partial charge in [-0.1, -0.05) is 0 Å². The number of likely N-dealkylation sites (tertiary alicyclic amines) is 1. The van der Waals surface area contributed by atoms with Crippen molar-refractivity contribution in [3.05, 3.63) is 0 Å². The van der Waals surface area contributed by atoms with E-state index in [2.05, 4.69) is 0 Å². The van der Waals surface area contributed by atoms with E-state index in [4.69, 9.17) is 9.84 Å². The van der Waals surface area contributed by atoms with Gasteiger partial charge in [0.2, 0.25) is 0 Å². The minimum absolute atomic E-state index is 0.142. The maximum Gasteiger partial charge on any atom is 0.410 e. The summed E-state index contributed by atoms with van der Waals surface area (Å²) in [5.74, 6) is 0.201. The van der Waals surface area contributed by atoms with E-state index in [1.807, 2.05) is 27.7 Å². The van der Waals surface area contributed by atoms with Crippen molar-refractivity contribution in [3.8, 4) is 0 Å². The third kappa shape index (κ3) is 3.38. The van der Waals surface area contributed by atoms with Gasteiger partial charge in [0.15, 0.2) is 0 Å². The van der Waals surface area contributed by atoms with Crippen LogP contribution >= 0.6 is 0 Å². The fourth-order valence-electron chi connectivity index (χ4n) is 1.85. The Morgan fingerprint density at radius 1 is 1.53 bits per heavy atom. The molecule has 0 aromatic carbocycles. The number of nitrogens with zero attached hydrogens (tertiary/aromatic N) is 1. The fourth-order valence-corrected chi connectivity index (χ4v) is 1.85. The van der Waals surface area contributed by atoms with Crippen LogP contribution in [-0.2, 0) is 4.74 Å². The Balaban J connectivity index is 2.54. The highest BCUT2D eigenvalue weighted by Crippen LogP contribution is 2.24. The number of rotatable bonds is 1. The standard InChI is InChI=1S/C11H21NO3/c1-8-5-9(7-13)6-12(8)10(14)15-11(2,3)4/h8-9,13H,5-7H2,1-4H3/t8-,9?/m1/s1. The Hall–Kier alpha value is -0.770. The third-order valence-electron chi connectivity index (χ3n) is 2.55. The van der Waals surface area contributed by atoms with Crippen LogP contribution in [0.4, 0.5) is 4.79 Å². The molecule has 1 fully saturated rings. The Morgan fingerprint density at radius 2 is 2.13 bits per heavy atom. The number of hydrogen-bond donors (Lipinski definition) is 1. The maximum atomic E-state index is 11.8. The topological polar surface area (TPSA) is 49.8 Å². The molecule has 1 saturated heterocycles. The number of aliphatic hydroxyl groups excluding tert-OH is 1. The molecule has 15 heavy (non-hydrogen) atoms. The normalized spacial score (nSPS) is 26.9. The summed E-state index contributed by atoms with van der Waals surface area (Å²) in [5, 5.41) is 9.04. The van der Waals surface area contributed by atoms with Crippen LogP contribution in [0.15, 0.2) is 0 Å². The zero-order chi connectivity index (χ0) is 11.6. The Kier molecular flexibility index (Phi) is 3.60. The van der Waals surface area contributed by atoms with Crippen LogP contribution in [0.3, 0.4) is 0 Å². The molecule has 1 heterocycles. The molecule has 88 valence electrons. The first-order chi connectivity index (χ1) is 6.83. The summed E-state index contributed by atoms with van der Waals surface area (Å²) in [5.41, 5.74) is -0.450. The molecule has 1 unspecified atom stereocenters. The SMILES string of the molecule is C[C@@H]1CC(CO)CN1C(=O)OC(C)(C)C. The van der Waals surface area contributed by atoms with Crippen molar-refractivity contribution in [1.29, 1.82) is 0 Å². The monoisotopic (exact) mass is 215 g/mol. The van der Waals surface area contributed by atoms with Crippen LogP contribution < -0.4 is 0 Å². The summed E-state index contributed by atoms with van der Waals surface area (Å²) in [6.45, 7) is 8.30. The number of hydrogen-bond acceptors (Lipinski definition) is 3. The quantitative estimate of drug-likeness (QED) is 0.723. The predicted octanol–water partition coefficient (Wildman–Crippen LogP) is 1.62. The van der Waals surface area contributed by atoms with Crippen LogP contribution in [0.1, 0.15) is 34.1 Å². The molecule has 1 amide bonds. The van der Waals surface area contributed by atoms with Gasteiger partial charge in [0.25, 0.3) is 0 Å². The van der Waals surface area contributed by atoms with Crippen LogP contribution in [0, 0.1) is 5.92 Å². The molecule has 0 spiro atoms. The molecule has 0 radical (unpaired) electrons. The van der Waals surface area contributed by atoms with Crippen molar-refractivity contribution in [2.24, 2.45) is 5.92 Å². The number of amides is 1. The lowest BCUT2D eigenvalue weighted by Crippen LogP contribution is -2.38. The zero-order valence-electron chi connectivity index (χ0n) is 9.99. The van der Waals surface area contributed by atoms with Gasteiger partial charge in [-0.05, 0) is 34.1 Å². The van der Waals surface area contributed by atoms with Gasteiger partial charge in [-0.15, -0.1) is 0 Å². The molecule has 1 N–H and O–H groups in total. The van der Waals surface area contributed by atoms with Gasteiger partial charge in [0.05, 0.1) is 0 Å². The van der Waals surface area contributed by atoms with E-state index in [0.717, 1.165) is 6.42 Å². The van der Waals surface area contributed by atoms with Crippen molar-refractivity contribution in [3.63, 3.8) is 0 Å². The van der Waals surface area contributed by atoms with Gasteiger partial charge in [0, 0.05) is 25.1 Å². The number of aliphatic hydroxyl groups is 1. The highest BCUT2D eigenvalue weighted by molar-refractivity contribution is 5.68. The number of carbonyl (C=O) groups excluding carboxylic acids is 1. The average Bonchev–Trinajstić information content (AvgIpc) is 2.43. The molecule has 0 saturated carbocycles. The summed E-state index contributed by atoms with van der Waals surface area (Å²) >= 11 is 0. The van der Waals surface area contributed by atoms with Crippen LogP contribution in [0.5, 0.6) is 0 Å². The van der Waals surface area contributed by atoms with Crippen molar-refractivity contribution in [1.82, 2.24) is 4.90 Å². The summed E-state index contributed by atoms with van der Waals surface area (Å²) in [6.07, 6.45) is 0.585. The molecule has 1 aliphatic heterocycles. The second-order valence-electron chi connectivity index (χ2n) is 5.27. The van der Waals surface area contributed by atoms with Gasteiger partial charge >= 0.3 is 6.09 Å². The van der Waals surface area contributed by atoms with Crippen LogP contribution in [0.2, 0.25) is 0 Å². The first-order valence-electron chi connectivity index (χ1n) is 5.44. The first kappa shape index (κ1) is 12.3. The Bertz CT molecular complexity index is 234. The summed E-state index contributed by atoms with van der Waals surface area (Å²) in [6, 6.07) is 0.164. The molecule has 4 nitrogen and oxygen atoms in total. The van der Waals surface area contributed by atoms with E-state index in [9.17, 15) is 4.79 Å². The highest BCUT2D eigenvalue weighted by Gasteiger charge is 2.34. The largest absolute Gasteiger partial charge is 0.444 e. The summed E-state index contributed by atoms with van der Waals surface area (Å²) in [7, 11) is 0. The molecule has 0 aromatic heterocycles. The van der Waals surface area contributed by atoms with Crippen LogP contribution in [-0.4, -0.2) is 40.9 Å². The molecule has 0 aromatic rings. The Morgan fingerprint density at radius 3 is 2.53 bits per heavy atom. The van der Waals surface area contributed by atoms with E-state index in [-0.39, 0.29) is 24.7 Å². The number of carbonyl (C=O) groups is 1. The molecule has 0 aliphatic carbocycles. The lowest BCUT2D eigenvalue weighted by Gasteiger charge is -2.26. The molecule has 0 bridgehead atoms. The van der Waals surface area contributed by atoms with Crippen molar-refractivity contribution in [2.45, 2.75) is 45.8 Å². The minimum atomic E-state index is -0.450. The van der Waals surface area contributed by atoms with Crippen LogP contribution in [0.25, 0.3) is 0 Å². The van der Waals surface area contributed by atoms with Gasteiger partial charge in [-0.2, -0.15) is 0 Å². The van der Waals surface area contributed by atoms with E-state index >= 15 is 0 Å². The van der Waals surface area contributed by atoms with Crippen molar-refractivity contribution in [2.75, 3.05) is 13.2 Å². The molecule has 1 rings (SSSR count). The summed E-state index contributed by atoms with van der Waals surface area (Å²) < 4.78 is 5.29. The van der Waals surface area contributed by atoms with E-state index in [1.165, 1.54) is 0 Å². The van der Waals surface area contributed by atoms with E-state index in [1.54, 1.807) is 4.90 Å². The minimum Gasteiger partial charge on any atom is -0.444 e. The van der Waals surface area contributed by atoms with Crippen molar-refractivity contribution >= 4 is 6.09 Å². The molecule has 1 aliphatic rings. The van der Waals surface area contributed by atoms with Crippen molar-refractivity contribution < 1.29 is 14.6 Å². The number of ether oxygens (including phenoxy) is 1. The molecule has 4 heteroatoms. The maximum absolute atomic E-state index is 11.8. The predicted molar refractivity (Wildman–Crippen MR) is 57.6 cm³/mol. The Labute approximate surface area is 91.2 Å². The summed E-state index contributed by atoms with van der Waals surface area (Å²) in [4.78, 5) is 13.5. The molecular formula is C11H21NO3. The fraction of sp³-hybridized carbons (Fsp3) is 0.909. The van der Waals surface area contributed by atoms with E-state index < -0.39 is 5.60 Å². The van der Waals surface area contributed by atoms with Gasteiger partial charge < -0.3 is 14.7 Å². The van der Waals surface area contributed by atoms with E-state index in [0.29, 0.717) is 6.54 Å². The highest BCUT2D eigenvalue weighted by atomic mass is 16.6. The smallest absolute Gasteiger partial charge is 0.410 e. The van der Waals surface area contributed by atoms with Gasteiger partial charge in [-0.3, -0.25) is 0 Å². The zero-order valence-corrected chi connectivity index (χ0v) is 9.99. The lowest BCUT2D eigenvalue weighted by molar-refractivity contribution is 0.0230.